The average Bonchev–Trinajstić information content (AvgIpc) is 2.56. The van der Waals surface area contributed by atoms with Crippen molar-refractivity contribution in [1.29, 1.82) is 0 Å². The van der Waals surface area contributed by atoms with Crippen molar-refractivity contribution in [2.75, 3.05) is 33.3 Å². The Kier molecular flexibility index (Phi) is 8.91. The molecule has 0 heterocycles. The number of hydrogen-bond acceptors (Lipinski definition) is 3. The lowest BCUT2D eigenvalue weighted by molar-refractivity contribution is -0.120. The molecule has 0 saturated heterocycles. The minimum Gasteiger partial charge on any atom is -0.377 e. The van der Waals surface area contributed by atoms with Gasteiger partial charge < -0.3 is 20.7 Å². The summed E-state index contributed by atoms with van der Waals surface area (Å²) in [6.45, 7) is 8.16. The van der Waals surface area contributed by atoms with Crippen molar-refractivity contribution in [3.8, 4) is 0 Å². The number of hydrogen-bond donors (Lipinski definition) is 3. The molecule has 1 aromatic rings. The van der Waals surface area contributed by atoms with Crippen molar-refractivity contribution >= 4 is 11.9 Å². The van der Waals surface area contributed by atoms with Gasteiger partial charge >= 0.3 is 0 Å². The zero-order chi connectivity index (χ0) is 18.7. The number of nitrogens with one attached hydrogen (secondary N) is 3. The van der Waals surface area contributed by atoms with E-state index in [1.807, 2.05) is 20.8 Å². The van der Waals surface area contributed by atoms with E-state index in [2.05, 4.69) is 20.9 Å². The minimum atomic E-state index is -0.336. The van der Waals surface area contributed by atoms with Gasteiger partial charge in [-0.2, -0.15) is 0 Å². The van der Waals surface area contributed by atoms with Gasteiger partial charge in [-0.25, -0.2) is 4.39 Å². The molecule has 0 aliphatic heterocycles. The zero-order valence-corrected chi connectivity index (χ0v) is 15.5. The largest absolute Gasteiger partial charge is 0.377 e. The van der Waals surface area contributed by atoms with Crippen molar-refractivity contribution in [1.82, 2.24) is 16.0 Å². The maximum atomic E-state index is 13.1. The normalized spacial score (nSPS) is 12.0. The van der Waals surface area contributed by atoms with Gasteiger partial charge in [0.25, 0.3) is 0 Å². The highest BCUT2D eigenvalue weighted by Gasteiger charge is 2.15. The average molecular weight is 352 g/mol. The Balaban J connectivity index is 2.35. The summed E-state index contributed by atoms with van der Waals surface area (Å²) in [5.41, 5.74) is 0.323. The van der Waals surface area contributed by atoms with Crippen molar-refractivity contribution in [2.45, 2.75) is 32.8 Å². The Hall–Kier alpha value is -2.15. The molecule has 1 amide bonds. The van der Waals surface area contributed by atoms with Gasteiger partial charge in [0.2, 0.25) is 5.91 Å². The molecule has 0 aromatic heterocycles. The summed E-state index contributed by atoms with van der Waals surface area (Å²) in [6.07, 6.45) is 0.161. The number of guanidine groups is 1. The van der Waals surface area contributed by atoms with Crippen molar-refractivity contribution in [2.24, 2.45) is 4.99 Å². The number of aliphatic imine (C=N–C) groups is 1. The fourth-order valence-corrected chi connectivity index (χ4v) is 1.95. The second-order valence-electron chi connectivity index (χ2n) is 6.24. The molecule has 7 heteroatoms. The van der Waals surface area contributed by atoms with Crippen LogP contribution < -0.4 is 16.0 Å². The summed E-state index contributed by atoms with van der Waals surface area (Å²) >= 11 is 0. The quantitative estimate of drug-likeness (QED) is 0.357. The van der Waals surface area contributed by atoms with Crippen LogP contribution in [0.2, 0.25) is 0 Å². The lowest BCUT2D eigenvalue weighted by atomic mass is 10.1. The van der Waals surface area contributed by atoms with Gasteiger partial charge in [0.1, 0.15) is 5.82 Å². The number of halogens is 1. The number of carbonyl (C=O) groups excluding carboxylic acids is 1. The second-order valence-corrected chi connectivity index (χ2v) is 6.24. The van der Waals surface area contributed by atoms with Crippen LogP contribution in [0.25, 0.3) is 0 Å². The Labute approximate surface area is 149 Å². The van der Waals surface area contributed by atoms with Crippen LogP contribution in [0.5, 0.6) is 0 Å². The first kappa shape index (κ1) is 20.9. The van der Waals surface area contributed by atoms with Gasteiger partial charge in [-0.15, -0.1) is 0 Å². The number of ether oxygens (including phenoxy) is 1. The van der Waals surface area contributed by atoms with E-state index in [1.54, 1.807) is 19.2 Å². The molecule has 0 radical (unpaired) electrons. The third-order valence-corrected chi connectivity index (χ3v) is 3.51. The zero-order valence-electron chi connectivity index (χ0n) is 15.5. The molecular weight excluding hydrogens is 323 g/mol. The summed E-state index contributed by atoms with van der Waals surface area (Å²) in [4.78, 5) is 16.3. The van der Waals surface area contributed by atoms with Crippen LogP contribution in [0, 0.1) is 5.82 Å². The van der Waals surface area contributed by atoms with Gasteiger partial charge in [0, 0.05) is 26.7 Å². The molecule has 0 aliphatic carbocycles. The smallest absolute Gasteiger partial charge is 0.224 e. The molecule has 6 nitrogen and oxygen atoms in total. The third kappa shape index (κ3) is 9.05. The fourth-order valence-electron chi connectivity index (χ4n) is 1.95. The summed E-state index contributed by atoms with van der Waals surface area (Å²) < 4.78 is 18.4. The van der Waals surface area contributed by atoms with Gasteiger partial charge in [-0.05, 0) is 38.5 Å². The Morgan fingerprint density at radius 2 is 1.96 bits per heavy atom. The van der Waals surface area contributed by atoms with E-state index < -0.39 is 0 Å². The first-order valence-electron chi connectivity index (χ1n) is 8.45. The van der Waals surface area contributed by atoms with Crippen LogP contribution in [0.15, 0.2) is 29.3 Å². The topological polar surface area (TPSA) is 74.8 Å². The Morgan fingerprint density at radius 1 is 1.24 bits per heavy atom. The monoisotopic (exact) mass is 352 g/mol. The first-order valence-corrected chi connectivity index (χ1v) is 8.45. The van der Waals surface area contributed by atoms with E-state index >= 15 is 0 Å². The molecule has 0 atom stereocenters. The maximum absolute atomic E-state index is 13.1. The van der Waals surface area contributed by atoms with Crippen molar-refractivity contribution in [3.05, 3.63) is 35.6 Å². The van der Waals surface area contributed by atoms with Crippen LogP contribution in [0.1, 0.15) is 26.3 Å². The number of benzene rings is 1. The number of methoxy groups -OCH3 is 1. The molecule has 0 unspecified atom stereocenters. The standard InChI is InChI=1S/C18H29FN4O2/c1-5-20-17(23-13-18(2,3)25-4)22-10-9-21-16(24)12-14-7-6-8-15(19)11-14/h6-8,11H,5,9-10,12-13H2,1-4H3,(H,21,24)(H2,20,22,23). The molecule has 3 N–H and O–H groups in total. The first-order chi connectivity index (χ1) is 11.9. The second kappa shape index (κ2) is 10.7. The Bertz CT molecular complexity index is 576. The minimum absolute atomic E-state index is 0.144. The molecule has 0 spiro atoms. The van der Waals surface area contributed by atoms with Crippen LogP contribution in [0.4, 0.5) is 4.39 Å². The molecule has 0 saturated carbocycles. The summed E-state index contributed by atoms with van der Waals surface area (Å²) in [7, 11) is 1.66. The predicted molar refractivity (Wildman–Crippen MR) is 98.2 cm³/mol. The summed E-state index contributed by atoms with van der Waals surface area (Å²) in [6, 6.07) is 6.05. The number of carbonyl (C=O) groups is 1. The maximum Gasteiger partial charge on any atom is 0.224 e. The molecule has 1 rings (SSSR count). The lowest BCUT2D eigenvalue weighted by Gasteiger charge is -2.21. The highest BCUT2D eigenvalue weighted by atomic mass is 19.1. The molecular formula is C18H29FN4O2. The van der Waals surface area contributed by atoms with Gasteiger partial charge in [-0.1, -0.05) is 12.1 Å². The number of nitrogens with zero attached hydrogens (tertiary/aromatic N) is 1. The van der Waals surface area contributed by atoms with Crippen LogP contribution >= 0.6 is 0 Å². The summed E-state index contributed by atoms with van der Waals surface area (Å²) in [5.74, 6) is 0.194. The fraction of sp³-hybridized carbons (Fsp3) is 0.556. The molecule has 140 valence electrons. The van der Waals surface area contributed by atoms with Crippen molar-refractivity contribution < 1.29 is 13.9 Å². The van der Waals surface area contributed by atoms with Crippen LogP contribution in [0.3, 0.4) is 0 Å². The summed E-state index contributed by atoms with van der Waals surface area (Å²) in [5, 5.41) is 9.10. The molecule has 0 aliphatic rings. The van der Waals surface area contributed by atoms with Gasteiger partial charge in [0.05, 0.1) is 18.6 Å². The SMILES string of the molecule is CCNC(=NCC(C)(C)OC)NCCNC(=O)Cc1cccc(F)c1. The van der Waals surface area contributed by atoms with Crippen LogP contribution in [-0.4, -0.2) is 50.8 Å². The molecule has 0 bridgehead atoms. The highest BCUT2D eigenvalue weighted by molar-refractivity contribution is 5.80. The Morgan fingerprint density at radius 3 is 2.60 bits per heavy atom. The molecule has 25 heavy (non-hydrogen) atoms. The molecule has 0 fully saturated rings. The highest BCUT2D eigenvalue weighted by Crippen LogP contribution is 2.07. The van der Waals surface area contributed by atoms with E-state index in [0.717, 1.165) is 6.54 Å². The third-order valence-electron chi connectivity index (χ3n) is 3.51. The number of rotatable bonds is 9. The van der Waals surface area contributed by atoms with E-state index in [0.29, 0.717) is 31.2 Å². The predicted octanol–water partition coefficient (Wildman–Crippen LogP) is 1.46. The number of amides is 1. The van der Waals surface area contributed by atoms with Gasteiger partial charge in [0.15, 0.2) is 5.96 Å². The van der Waals surface area contributed by atoms with Crippen LogP contribution in [-0.2, 0) is 16.0 Å². The van der Waals surface area contributed by atoms with E-state index in [9.17, 15) is 9.18 Å². The van der Waals surface area contributed by atoms with Gasteiger partial charge in [-0.3, -0.25) is 9.79 Å². The molecule has 1 aromatic carbocycles. The van der Waals surface area contributed by atoms with E-state index in [4.69, 9.17) is 4.74 Å². The van der Waals surface area contributed by atoms with E-state index in [-0.39, 0.29) is 23.7 Å². The lowest BCUT2D eigenvalue weighted by Crippen LogP contribution is -2.42. The van der Waals surface area contributed by atoms with E-state index in [1.165, 1.54) is 12.1 Å². The van der Waals surface area contributed by atoms with Crippen molar-refractivity contribution in [3.63, 3.8) is 0 Å².